The van der Waals surface area contributed by atoms with Crippen LogP contribution < -0.4 is 14.8 Å². The summed E-state index contributed by atoms with van der Waals surface area (Å²) in [7, 11) is 1.71. The minimum atomic E-state index is 0. The lowest BCUT2D eigenvalue weighted by atomic mass is 9.96. The lowest BCUT2D eigenvalue weighted by Crippen LogP contribution is -2.19. The van der Waals surface area contributed by atoms with E-state index in [2.05, 4.69) is 30.4 Å². The molecule has 0 aromatic heterocycles. The quantitative estimate of drug-likeness (QED) is 0.323. The van der Waals surface area contributed by atoms with Crippen LogP contribution in [0.25, 0.3) is 0 Å². The van der Waals surface area contributed by atoms with Crippen molar-refractivity contribution >= 4 is 18.2 Å². The summed E-state index contributed by atoms with van der Waals surface area (Å²) < 4.78 is 11.2. The van der Waals surface area contributed by atoms with Crippen molar-refractivity contribution in [1.82, 2.24) is 5.32 Å². The van der Waals surface area contributed by atoms with Crippen molar-refractivity contribution in [3.8, 4) is 11.5 Å². The fourth-order valence-corrected chi connectivity index (χ4v) is 4.04. The molecule has 0 unspecified atom stereocenters. The Bertz CT molecular complexity index is 837. The molecule has 3 rings (SSSR count). The van der Waals surface area contributed by atoms with Crippen molar-refractivity contribution in [2.45, 2.75) is 58.3 Å². The predicted molar refractivity (Wildman–Crippen MR) is 129 cm³/mol. The molecule has 1 aliphatic heterocycles. The fourth-order valence-electron chi connectivity index (χ4n) is 4.04. The number of nitrogens with one attached hydrogen (secondary N) is 1. The maximum atomic E-state index is 12.7. The number of carbonyl (C=O) groups is 1. The molecule has 0 aliphatic carbocycles. The van der Waals surface area contributed by atoms with Crippen molar-refractivity contribution in [3.63, 3.8) is 0 Å². The number of benzene rings is 2. The number of ether oxygens (including phenoxy) is 2. The van der Waals surface area contributed by atoms with E-state index in [0.29, 0.717) is 6.42 Å². The first kappa shape index (κ1) is 25.2. The van der Waals surface area contributed by atoms with E-state index in [4.69, 9.17) is 9.47 Å². The molecule has 0 fully saturated rings. The summed E-state index contributed by atoms with van der Waals surface area (Å²) in [4.78, 5) is 12.7. The highest BCUT2D eigenvalue weighted by Gasteiger charge is 2.19. The molecule has 0 saturated carbocycles. The number of unbranched alkanes of at least 4 members (excludes halogenated alkanes) is 2. The number of para-hydroxylation sites is 1. The van der Waals surface area contributed by atoms with Crippen LogP contribution in [-0.2, 0) is 19.3 Å². The van der Waals surface area contributed by atoms with Crippen LogP contribution in [0.2, 0.25) is 0 Å². The van der Waals surface area contributed by atoms with Crippen LogP contribution in [0.15, 0.2) is 36.4 Å². The molecule has 170 valence electrons. The number of ketones is 1. The van der Waals surface area contributed by atoms with E-state index < -0.39 is 0 Å². The number of aryl methyl sites for hydroxylation is 1. The van der Waals surface area contributed by atoms with Gasteiger partial charge in [0.15, 0.2) is 5.78 Å². The van der Waals surface area contributed by atoms with Crippen LogP contribution in [-0.4, -0.2) is 32.6 Å². The van der Waals surface area contributed by atoms with Gasteiger partial charge in [-0.25, -0.2) is 0 Å². The van der Waals surface area contributed by atoms with Crippen molar-refractivity contribution in [2.75, 3.05) is 26.8 Å². The normalized spacial score (nSPS) is 12.1. The molecular weight excluding hydrogens is 410 g/mol. The van der Waals surface area contributed by atoms with E-state index in [9.17, 15) is 4.79 Å². The average Bonchev–Trinajstić information content (AvgIpc) is 3.25. The third kappa shape index (κ3) is 7.26. The number of halogens is 1. The number of hydrogen-bond acceptors (Lipinski definition) is 4. The molecule has 5 heteroatoms. The van der Waals surface area contributed by atoms with Crippen molar-refractivity contribution < 1.29 is 14.3 Å². The summed E-state index contributed by atoms with van der Waals surface area (Å²) in [6, 6.07) is 12.3. The Morgan fingerprint density at radius 2 is 1.90 bits per heavy atom. The minimum Gasteiger partial charge on any atom is -0.496 e. The average molecular weight is 446 g/mol. The summed E-state index contributed by atoms with van der Waals surface area (Å²) in [6.45, 7) is 4.79. The smallest absolute Gasteiger partial charge is 0.162 e. The maximum absolute atomic E-state index is 12.7. The molecule has 4 nitrogen and oxygen atoms in total. The monoisotopic (exact) mass is 445 g/mol. The Kier molecular flexibility index (Phi) is 10.9. The van der Waals surface area contributed by atoms with E-state index in [1.807, 2.05) is 18.2 Å². The summed E-state index contributed by atoms with van der Waals surface area (Å²) in [5.41, 5.74) is 4.52. The summed E-state index contributed by atoms with van der Waals surface area (Å²) in [5, 5.41) is 3.48. The molecule has 1 N–H and O–H groups in total. The molecule has 0 radical (unpaired) electrons. The van der Waals surface area contributed by atoms with Crippen LogP contribution in [0, 0.1) is 0 Å². The number of methoxy groups -OCH3 is 1. The van der Waals surface area contributed by atoms with E-state index in [-0.39, 0.29) is 18.2 Å². The lowest BCUT2D eigenvalue weighted by Gasteiger charge is -2.11. The molecule has 2 aromatic rings. The van der Waals surface area contributed by atoms with Gasteiger partial charge in [0.2, 0.25) is 0 Å². The van der Waals surface area contributed by atoms with Gasteiger partial charge in [0.1, 0.15) is 11.5 Å². The van der Waals surface area contributed by atoms with Crippen molar-refractivity contribution in [3.05, 3.63) is 58.7 Å². The molecule has 1 aliphatic rings. The third-order valence-electron chi connectivity index (χ3n) is 5.75. The predicted octanol–water partition coefficient (Wildman–Crippen LogP) is 5.58. The zero-order valence-corrected chi connectivity index (χ0v) is 19.7. The van der Waals surface area contributed by atoms with Gasteiger partial charge >= 0.3 is 0 Å². The van der Waals surface area contributed by atoms with Gasteiger partial charge in [-0.2, -0.15) is 0 Å². The Morgan fingerprint density at radius 1 is 1.06 bits per heavy atom. The molecule has 2 aromatic carbocycles. The highest BCUT2D eigenvalue weighted by molar-refractivity contribution is 5.96. The fraction of sp³-hybridized carbons (Fsp3) is 0.500. The number of fused-ring (bicyclic) bond motifs is 1. The maximum Gasteiger partial charge on any atom is 0.162 e. The Balaban J connectivity index is 0.00000341. The topological polar surface area (TPSA) is 47.6 Å². The number of carbonyl (C=O) groups excluding carboxylic acids is 1. The van der Waals surface area contributed by atoms with E-state index in [0.717, 1.165) is 81.7 Å². The standard InChI is InChI=1S/C26H35NO3.ClH/c1-3-4-9-21-18-23(19-22-14-17-30-26(21)22)24(28)11-7-8-15-27-16-13-20-10-5-6-12-25(20)29-2;/h5-6,10,12,18-19,27H,3-4,7-9,11,13-17H2,1-2H3;1H. The first-order valence-corrected chi connectivity index (χ1v) is 11.4. The second-order valence-electron chi connectivity index (χ2n) is 8.02. The Labute approximate surface area is 193 Å². The van der Waals surface area contributed by atoms with Gasteiger partial charge in [-0.15, -0.1) is 12.4 Å². The van der Waals surface area contributed by atoms with Gasteiger partial charge < -0.3 is 14.8 Å². The second kappa shape index (κ2) is 13.4. The zero-order chi connectivity index (χ0) is 21.2. The SMILES string of the molecule is CCCCc1cc(C(=O)CCCCNCCc2ccccc2OC)cc2c1OCC2.Cl. The van der Waals surface area contributed by atoms with Gasteiger partial charge in [-0.05, 0) is 80.1 Å². The molecule has 0 bridgehead atoms. The van der Waals surface area contributed by atoms with Crippen molar-refractivity contribution in [1.29, 1.82) is 0 Å². The molecule has 0 spiro atoms. The second-order valence-corrected chi connectivity index (χ2v) is 8.02. The minimum absolute atomic E-state index is 0. The first-order valence-electron chi connectivity index (χ1n) is 11.4. The number of Topliss-reactive ketones (excluding diaryl/α,β-unsaturated/α-hetero) is 1. The largest absolute Gasteiger partial charge is 0.496 e. The number of hydrogen-bond donors (Lipinski definition) is 1. The molecule has 0 amide bonds. The molecule has 0 saturated heterocycles. The van der Waals surface area contributed by atoms with Crippen LogP contribution in [0.1, 0.15) is 66.1 Å². The molecule has 0 atom stereocenters. The Morgan fingerprint density at radius 3 is 2.71 bits per heavy atom. The van der Waals surface area contributed by atoms with E-state index in [1.165, 1.54) is 16.7 Å². The highest BCUT2D eigenvalue weighted by atomic mass is 35.5. The van der Waals surface area contributed by atoms with E-state index >= 15 is 0 Å². The van der Waals surface area contributed by atoms with Crippen LogP contribution in [0.3, 0.4) is 0 Å². The van der Waals surface area contributed by atoms with Crippen LogP contribution >= 0.6 is 12.4 Å². The van der Waals surface area contributed by atoms with Gasteiger partial charge in [-0.3, -0.25) is 4.79 Å². The zero-order valence-electron chi connectivity index (χ0n) is 18.9. The summed E-state index contributed by atoms with van der Waals surface area (Å²) in [6.07, 6.45) is 7.68. The van der Waals surface area contributed by atoms with Gasteiger partial charge in [0.25, 0.3) is 0 Å². The van der Waals surface area contributed by atoms with Gasteiger partial charge in [0.05, 0.1) is 13.7 Å². The molecule has 1 heterocycles. The highest BCUT2D eigenvalue weighted by Crippen LogP contribution is 2.32. The van der Waals surface area contributed by atoms with Gasteiger partial charge in [0, 0.05) is 18.4 Å². The van der Waals surface area contributed by atoms with Crippen LogP contribution in [0.4, 0.5) is 0 Å². The van der Waals surface area contributed by atoms with Crippen molar-refractivity contribution in [2.24, 2.45) is 0 Å². The molecule has 31 heavy (non-hydrogen) atoms. The first-order chi connectivity index (χ1) is 14.7. The van der Waals surface area contributed by atoms with E-state index in [1.54, 1.807) is 7.11 Å². The summed E-state index contributed by atoms with van der Waals surface area (Å²) in [5.74, 6) is 2.25. The van der Waals surface area contributed by atoms with Crippen LogP contribution in [0.5, 0.6) is 11.5 Å². The lowest BCUT2D eigenvalue weighted by molar-refractivity contribution is 0.0979. The summed E-state index contributed by atoms with van der Waals surface area (Å²) >= 11 is 0. The molecular formula is C26H36ClNO3. The Hall–Kier alpha value is -2.04. The third-order valence-corrected chi connectivity index (χ3v) is 5.75. The van der Waals surface area contributed by atoms with Gasteiger partial charge in [-0.1, -0.05) is 31.5 Å². The number of rotatable bonds is 13.